The first-order chi connectivity index (χ1) is 25.6. The van der Waals surface area contributed by atoms with Gasteiger partial charge in [0.05, 0.1) is 11.4 Å². The smallest absolute Gasteiger partial charge is 0.127 e. The van der Waals surface area contributed by atoms with E-state index in [0.717, 1.165) is 68.7 Å². The summed E-state index contributed by atoms with van der Waals surface area (Å²) in [5.41, 5.74) is 9.20. The monoisotopic (exact) mass is 754 g/mol. The van der Waals surface area contributed by atoms with Crippen LogP contribution in [-0.2, 0) is 21.7 Å². The number of phenolic OH excluding ortho intramolecular Hbond substituents is 2. The molecule has 0 fully saturated rings. The molecule has 0 aliphatic rings. The molecule has 0 saturated heterocycles. The summed E-state index contributed by atoms with van der Waals surface area (Å²) in [6.07, 6.45) is 7.47. The van der Waals surface area contributed by atoms with Crippen LogP contribution in [0.25, 0.3) is 22.3 Å². The molecule has 4 aromatic rings. The van der Waals surface area contributed by atoms with E-state index < -0.39 is 0 Å². The molecule has 56 heavy (non-hydrogen) atoms. The number of rotatable bonds is 10. The van der Waals surface area contributed by atoms with Crippen molar-refractivity contribution in [2.24, 2.45) is 15.8 Å². The molecule has 0 bridgehead atoms. The van der Waals surface area contributed by atoms with Crippen molar-refractivity contribution in [2.45, 2.75) is 145 Å². The van der Waals surface area contributed by atoms with Gasteiger partial charge in [0.15, 0.2) is 0 Å². The second-order valence-corrected chi connectivity index (χ2v) is 21.7. The van der Waals surface area contributed by atoms with Gasteiger partial charge in [0.25, 0.3) is 0 Å². The average molecular weight is 754 g/mol. The van der Waals surface area contributed by atoms with Crippen LogP contribution >= 0.6 is 0 Å². The number of hydrogen-bond donors (Lipinski definition) is 2. The fraction of sp³-hybridized carbons (Fsp3) is 0.453. The third-order valence-electron chi connectivity index (χ3n) is 10.7. The molecular weight excluding hydrogens is 683 g/mol. The Kier molecular flexibility index (Phi) is 12.6. The number of benzene rings is 4. The van der Waals surface area contributed by atoms with E-state index in [2.05, 4.69) is 160 Å². The molecular formula is C53H71NO2. The Morgan fingerprint density at radius 3 is 1.39 bits per heavy atom. The predicted octanol–water partition coefficient (Wildman–Crippen LogP) is 15.3. The van der Waals surface area contributed by atoms with Crippen molar-refractivity contribution in [1.29, 1.82) is 0 Å². The number of aromatic hydroxyl groups is 2. The lowest BCUT2D eigenvalue weighted by molar-refractivity contribution is 0.278. The third-order valence-corrected chi connectivity index (χ3v) is 10.7. The first kappa shape index (κ1) is 44.3. The zero-order chi connectivity index (χ0) is 42.2. The Bertz CT molecular complexity index is 2110. The highest BCUT2D eigenvalue weighted by Gasteiger charge is 2.34. The highest BCUT2D eigenvalue weighted by Crippen LogP contribution is 2.49. The van der Waals surface area contributed by atoms with Gasteiger partial charge in [-0.05, 0) is 86.3 Å². The van der Waals surface area contributed by atoms with Gasteiger partial charge in [-0.25, -0.2) is 4.99 Å². The molecule has 0 heterocycles. The molecule has 0 saturated carbocycles. The molecule has 0 aromatic heterocycles. The standard InChI is InChI=1S/C53H71NO2/c1-18-19-27-44(38-25-21-20-24-37(38)40-29-35(50(8,9)10)31-42(46(40)55)52(14,15)33-48(2,3)4)54-45-28-23-22-26-39(45)41-30-36(51(11,12)13)32-43(47(41)56)53(16,17)34-49(5,6)7/h18-32,55-56H,1,33-34H2,2-17H3/b27-19-,54-44?. The quantitative estimate of drug-likeness (QED) is 0.125. The average Bonchev–Trinajstić information content (AvgIpc) is 3.03. The van der Waals surface area contributed by atoms with Gasteiger partial charge >= 0.3 is 0 Å². The molecule has 0 aliphatic heterocycles. The van der Waals surface area contributed by atoms with Gasteiger partial charge in [0.2, 0.25) is 0 Å². The summed E-state index contributed by atoms with van der Waals surface area (Å²) < 4.78 is 0. The van der Waals surface area contributed by atoms with E-state index in [-0.39, 0.29) is 32.5 Å². The van der Waals surface area contributed by atoms with Crippen molar-refractivity contribution in [2.75, 3.05) is 0 Å². The van der Waals surface area contributed by atoms with Gasteiger partial charge in [0, 0.05) is 33.4 Å². The Labute approximate surface area is 340 Å². The fourth-order valence-electron chi connectivity index (χ4n) is 8.64. The van der Waals surface area contributed by atoms with Gasteiger partial charge in [-0.15, -0.1) is 0 Å². The first-order valence-corrected chi connectivity index (χ1v) is 20.4. The van der Waals surface area contributed by atoms with Crippen LogP contribution < -0.4 is 0 Å². The molecule has 0 radical (unpaired) electrons. The van der Waals surface area contributed by atoms with Crippen molar-refractivity contribution < 1.29 is 10.2 Å². The summed E-state index contributed by atoms with van der Waals surface area (Å²) >= 11 is 0. The van der Waals surface area contributed by atoms with Gasteiger partial charge in [-0.1, -0.05) is 184 Å². The lowest BCUT2D eigenvalue weighted by Crippen LogP contribution is -2.26. The lowest BCUT2D eigenvalue weighted by Gasteiger charge is -2.35. The molecule has 3 nitrogen and oxygen atoms in total. The molecule has 4 rings (SSSR count). The normalized spacial score (nSPS) is 13.8. The van der Waals surface area contributed by atoms with Gasteiger partial charge in [-0.2, -0.15) is 0 Å². The Morgan fingerprint density at radius 1 is 0.554 bits per heavy atom. The summed E-state index contributed by atoms with van der Waals surface area (Å²) in [7, 11) is 0. The second kappa shape index (κ2) is 15.9. The minimum atomic E-state index is -0.282. The third kappa shape index (κ3) is 10.5. The van der Waals surface area contributed by atoms with Crippen molar-refractivity contribution in [3.63, 3.8) is 0 Å². The first-order valence-electron chi connectivity index (χ1n) is 20.4. The van der Waals surface area contributed by atoms with Crippen LogP contribution in [-0.4, -0.2) is 15.9 Å². The highest BCUT2D eigenvalue weighted by atomic mass is 16.3. The van der Waals surface area contributed by atoms with E-state index in [1.807, 2.05) is 42.5 Å². The SMILES string of the molecule is C=C/C=C\C(=Nc1ccccc1-c1cc(C(C)(C)C)cc(C(C)(C)CC(C)(C)C)c1O)c1ccccc1-c1cc(C(C)(C)C)cc(C(C)(C)CC(C)(C)C)c1O. The molecule has 300 valence electrons. The van der Waals surface area contributed by atoms with E-state index in [1.54, 1.807) is 6.08 Å². The Hall–Kier alpha value is -4.37. The minimum absolute atomic E-state index is 0.0678. The van der Waals surface area contributed by atoms with Crippen LogP contribution in [0.2, 0.25) is 0 Å². The number of allylic oxidation sites excluding steroid dienone is 3. The number of hydrogen-bond acceptors (Lipinski definition) is 3. The van der Waals surface area contributed by atoms with E-state index in [0.29, 0.717) is 11.5 Å². The van der Waals surface area contributed by atoms with Crippen molar-refractivity contribution >= 4 is 11.4 Å². The van der Waals surface area contributed by atoms with Crippen molar-refractivity contribution in [3.8, 4) is 33.8 Å². The van der Waals surface area contributed by atoms with Crippen molar-refractivity contribution in [1.82, 2.24) is 0 Å². The minimum Gasteiger partial charge on any atom is -0.507 e. The van der Waals surface area contributed by atoms with Crippen molar-refractivity contribution in [3.05, 3.63) is 125 Å². The largest absolute Gasteiger partial charge is 0.507 e. The van der Waals surface area contributed by atoms with Crippen LogP contribution in [0.3, 0.4) is 0 Å². The fourth-order valence-corrected chi connectivity index (χ4v) is 8.64. The maximum Gasteiger partial charge on any atom is 0.127 e. The molecule has 0 atom stereocenters. The summed E-state index contributed by atoms with van der Waals surface area (Å²) in [5, 5.41) is 24.6. The lowest BCUT2D eigenvalue weighted by atomic mass is 9.70. The zero-order valence-electron chi connectivity index (χ0n) is 37.6. The zero-order valence-corrected chi connectivity index (χ0v) is 37.6. The maximum absolute atomic E-state index is 12.3. The van der Waals surface area contributed by atoms with Gasteiger partial charge in [-0.3, -0.25) is 0 Å². The van der Waals surface area contributed by atoms with E-state index >= 15 is 0 Å². The number of para-hydroxylation sites is 1. The molecule has 0 amide bonds. The summed E-state index contributed by atoms with van der Waals surface area (Å²) in [5.74, 6) is 0.606. The number of phenols is 2. The Morgan fingerprint density at radius 2 is 0.964 bits per heavy atom. The summed E-state index contributed by atoms with van der Waals surface area (Å²) in [6.45, 7) is 39.9. The van der Waals surface area contributed by atoms with Crippen LogP contribution in [0.4, 0.5) is 5.69 Å². The molecule has 0 spiro atoms. The second-order valence-electron chi connectivity index (χ2n) is 21.7. The highest BCUT2D eigenvalue weighted by molar-refractivity contribution is 6.14. The summed E-state index contributed by atoms with van der Waals surface area (Å²) in [4.78, 5) is 5.42. The van der Waals surface area contributed by atoms with Crippen LogP contribution in [0.1, 0.15) is 151 Å². The molecule has 4 aromatic carbocycles. The van der Waals surface area contributed by atoms with Gasteiger partial charge in [0.1, 0.15) is 11.5 Å². The Balaban J connectivity index is 2.06. The predicted molar refractivity (Wildman–Crippen MR) is 244 cm³/mol. The number of aliphatic imine (C=N–C) groups is 1. The molecule has 3 heteroatoms. The molecule has 0 unspecified atom stereocenters. The molecule has 0 aliphatic carbocycles. The maximum atomic E-state index is 12.3. The van der Waals surface area contributed by atoms with E-state index in [9.17, 15) is 10.2 Å². The van der Waals surface area contributed by atoms with Crippen LogP contribution in [0.5, 0.6) is 11.5 Å². The number of nitrogens with zero attached hydrogens (tertiary/aromatic N) is 1. The topological polar surface area (TPSA) is 52.8 Å². The van der Waals surface area contributed by atoms with Crippen LogP contribution in [0.15, 0.2) is 103 Å². The molecule has 2 N–H and O–H groups in total. The summed E-state index contributed by atoms with van der Waals surface area (Å²) in [6, 6.07) is 25.0. The van der Waals surface area contributed by atoms with Crippen LogP contribution in [0, 0.1) is 10.8 Å². The van der Waals surface area contributed by atoms with E-state index in [4.69, 9.17) is 4.99 Å². The van der Waals surface area contributed by atoms with Gasteiger partial charge < -0.3 is 10.2 Å². The van der Waals surface area contributed by atoms with E-state index in [1.165, 1.54) is 5.56 Å².